The molecule has 1 aromatic heterocycles. The molecule has 5 heteroatoms. The van der Waals surface area contributed by atoms with Gasteiger partial charge in [0.2, 0.25) is 0 Å². The Morgan fingerprint density at radius 2 is 2.33 bits per heavy atom. The maximum atomic E-state index is 8.52. The lowest BCUT2D eigenvalue weighted by molar-refractivity contribution is 0.0773. The number of hydrogen-bond donors (Lipinski definition) is 1. The molecule has 0 amide bonds. The third kappa shape index (κ3) is 5.22. The average Bonchev–Trinajstić information content (AvgIpc) is 2.59. The maximum absolute atomic E-state index is 8.52. The summed E-state index contributed by atoms with van der Waals surface area (Å²) in [4.78, 5) is 6.55. The number of aromatic nitrogens is 1. The molecule has 0 radical (unpaired) electrons. The number of thiazole rings is 1. The van der Waals surface area contributed by atoms with Crippen LogP contribution >= 0.6 is 11.3 Å². The van der Waals surface area contributed by atoms with Crippen molar-refractivity contribution in [2.24, 2.45) is 0 Å². The molecular formula is C10H18N2O2S. The highest BCUT2D eigenvalue weighted by Gasteiger charge is 2.03. The minimum absolute atomic E-state index is 0.0926. The molecule has 0 unspecified atom stereocenters. The van der Waals surface area contributed by atoms with Gasteiger partial charge in [-0.05, 0) is 14.0 Å². The van der Waals surface area contributed by atoms with Crippen LogP contribution in [0.25, 0.3) is 0 Å². The minimum Gasteiger partial charge on any atom is -0.394 e. The first kappa shape index (κ1) is 12.6. The van der Waals surface area contributed by atoms with Crippen molar-refractivity contribution < 1.29 is 9.84 Å². The number of aliphatic hydroxyl groups excluding tert-OH is 1. The van der Waals surface area contributed by atoms with Crippen molar-refractivity contribution in [2.45, 2.75) is 13.5 Å². The van der Waals surface area contributed by atoms with Crippen molar-refractivity contribution in [3.05, 3.63) is 16.1 Å². The van der Waals surface area contributed by atoms with Crippen LogP contribution < -0.4 is 0 Å². The number of rotatable bonds is 7. The lowest BCUT2D eigenvalue weighted by atomic mass is 10.5. The highest BCUT2D eigenvalue weighted by Crippen LogP contribution is 2.10. The van der Waals surface area contributed by atoms with E-state index in [1.54, 1.807) is 11.3 Å². The van der Waals surface area contributed by atoms with Crippen molar-refractivity contribution in [3.63, 3.8) is 0 Å². The van der Waals surface area contributed by atoms with E-state index in [1.807, 2.05) is 14.0 Å². The van der Waals surface area contributed by atoms with E-state index in [2.05, 4.69) is 15.3 Å². The first-order valence-corrected chi connectivity index (χ1v) is 5.88. The number of aliphatic hydroxyl groups is 1. The highest BCUT2D eigenvalue weighted by atomic mass is 32.1. The van der Waals surface area contributed by atoms with E-state index in [9.17, 15) is 0 Å². The quantitative estimate of drug-likeness (QED) is 0.707. The second-order valence-electron chi connectivity index (χ2n) is 3.46. The fraction of sp³-hybridized carbons (Fsp3) is 0.700. The van der Waals surface area contributed by atoms with E-state index in [4.69, 9.17) is 9.84 Å². The summed E-state index contributed by atoms with van der Waals surface area (Å²) in [7, 11) is 2.04. The Labute approximate surface area is 94.5 Å². The van der Waals surface area contributed by atoms with Crippen molar-refractivity contribution in [1.29, 1.82) is 0 Å². The van der Waals surface area contributed by atoms with Gasteiger partial charge in [-0.2, -0.15) is 0 Å². The number of aryl methyl sites for hydroxylation is 1. The largest absolute Gasteiger partial charge is 0.394 e. The van der Waals surface area contributed by atoms with E-state index < -0.39 is 0 Å². The summed E-state index contributed by atoms with van der Waals surface area (Å²) < 4.78 is 5.19. The fourth-order valence-corrected chi connectivity index (χ4v) is 2.02. The first-order chi connectivity index (χ1) is 7.22. The van der Waals surface area contributed by atoms with Gasteiger partial charge in [-0.25, -0.2) is 4.98 Å². The molecule has 15 heavy (non-hydrogen) atoms. The number of nitrogens with zero attached hydrogens (tertiary/aromatic N) is 2. The third-order valence-corrected chi connectivity index (χ3v) is 2.88. The summed E-state index contributed by atoms with van der Waals surface area (Å²) in [6, 6.07) is 0. The molecular weight excluding hydrogens is 212 g/mol. The number of ether oxygens (including phenoxy) is 1. The molecule has 0 fully saturated rings. The van der Waals surface area contributed by atoms with E-state index in [-0.39, 0.29) is 6.61 Å². The van der Waals surface area contributed by atoms with Crippen molar-refractivity contribution in [3.8, 4) is 0 Å². The average molecular weight is 230 g/mol. The zero-order valence-corrected chi connectivity index (χ0v) is 10.1. The predicted octanol–water partition coefficient (Wildman–Crippen LogP) is 0.892. The standard InChI is InChI=1S/C10H18N2O2S/c1-9-8-15-10(11-9)7-12(2)3-5-14-6-4-13/h8,13H,3-7H2,1-2H3. The summed E-state index contributed by atoms with van der Waals surface area (Å²) in [6.45, 7) is 4.89. The Morgan fingerprint density at radius 1 is 1.53 bits per heavy atom. The second kappa shape index (κ2) is 6.90. The van der Waals surface area contributed by atoms with Crippen molar-refractivity contribution >= 4 is 11.3 Å². The minimum atomic E-state index is 0.0926. The molecule has 0 aliphatic rings. The van der Waals surface area contributed by atoms with Crippen LogP contribution in [0.5, 0.6) is 0 Å². The zero-order valence-electron chi connectivity index (χ0n) is 9.27. The normalized spacial score (nSPS) is 11.2. The topological polar surface area (TPSA) is 45.6 Å². The van der Waals surface area contributed by atoms with Crippen molar-refractivity contribution in [2.75, 3.05) is 33.4 Å². The van der Waals surface area contributed by atoms with Gasteiger partial charge in [-0.1, -0.05) is 0 Å². The summed E-state index contributed by atoms with van der Waals surface area (Å²) in [6.07, 6.45) is 0. The summed E-state index contributed by atoms with van der Waals surface area (Å²) >= 11 is 1.69. The molecule has 86 valence electrons. The summed E-state index contributed by atoms with van der Waals surface area (Å²) in [5, 5.41) is 11.7. The van der Waals surface area contributed by atoms with Crippen LogP contribution in [0.1, 0.15) is 10.7 Å². The van der Waals surface area contributed by atoms with E-state index in [0.29, 0.717) is 13.2 Å². The molecule has 1 heterocycles. The molecule has 0 saturated carbocycles. The summed E-state index contributed by atoms with van der Waals surface area (Å²) in [5.74, 6) is 0. The van der Waals surface area contributed by atoms with Crippen molar-refractivity contribution in [1.82, 2.24) is 9.88 Å². The van der Waals surface area contributed by atoms with E-state index in [1.165, 1.54) is 0 Å². The molecule has 0 aliphatic heterocycles. The Bertz CT molecular complexity index is 278. The molecule has 0 saturated heterocycles. The molecule has 0 aliphatic carbocycles. The van der Waals surface area contributed by atoms with Gasteiger partial charge in [-0.3, -0.25) is 4.90 Å². The smallest absolute Gasteiger partial charge is 0.107 e. The molecule has 0 spiro atoms. The maximum Gasteiger partial charge on any atom is 0.107 e. The van der Waals surface area contributed by atoms with Gasteiger partial charge in [0.15, 0.2) is 0 Å². The third-order valence-electron chi connectivity index (χ3n) is 1.92. The number of hydrogen-bond acceptors (Lipinski definition) is 5. The monoisotopic (exact) mass is 230 g/mol. The second-order valence-corrected chi connectivity index (χ2v) is 4.40. The molecule has 4 nitrogen and oxygen atoms in total. The lowest BCUT2D eigenvalue weighted by Gasteiger charge is -2.14. The Kier molecular flexibility index (Phi) is 5.78. The SMILES string of the molecule is Cc1csc(CN(C)CCOCCO)n1. The van der Waals surface area contributed by atoms with Crippen LogP contribution in [0.3, 0.4) is 0 Å². The van der Waals surface area contributed by atoms with E-state index >= 15 is 0 Å². The van der Waals surface area contributed by atoms with Crippen LogP contribution in [0, 0.1) is 6.92 Å². The fourth-order valence-electron chi connectivity index (χ4n) is 1.17. The predicted molar refractivity (Wildman–Crippen MR) is 61.1 cm³/mol. The number of likely N-dealkylation sites (N-methyl/N-ethyl adjacent to an activating group) is 1. The summed E-state index contributed by atoms with van der Waals surface area (Å²) in [5.41, 5.74) is 1.08. The van der Waals surface area contributed by atoms with Crippen LogP contribution in [0.4, 0.5) is 0 Å². The van der Waals surface area contributed by atoms with Gasteiger partial charge < -0.3 is 9.84 Å². The molecule has 1 N–H and O–H groups in total. The lowest BCUT2D eigenvalue weighted by Crippen LogP contribution is -2.23. The molecule has 0 atom stereocenters. The van der Waals surface area contributed by atoms with Crippen LogP contribution in [-0.2, 0) is 11.3 Å². The van der Waals surface area contributed by atoms with Crippen LogP contribution in [0.15, 0.2) is 5.38 Å². The Morgan fingerprint density at radius 3 is 2.93 bits per heavy atom. The van der Waals surface area contributed by atoms with Gasteiger partial charge in [0.05, 0.1) is 26.4 Å². The van der Waals surface area contributed by atoms with Crippen LogP contribution in [-0.4, -0.2) is 48.4 Å². The van der Waals surface area contributed by atoms with Gasteiger partial charge >= 0.3 is 0 Å². The Balaban J connectivity index is 2.15. The van der Waals surface area contributed by atoms with Gasteiger partial charge in [-0.15, -0.1) is 11.3 Å². The van der Waals surface area contributed by atoms with Gasteiger partial charge in [0.1, 0.15) is 5.01 Å². The van der Waals surface area contributed by atoms with Crippen LogP contribution in [0.2, 0.25) is 0 Å². The highest BCUT2D eigenvalue weighted by molar-refractivity contribution is 7.09. The first-order valence-electron chi connectivity index (χ1n) is 5.00. The molecule has 0 aromatic carbocycles. The Hall–Kier alpha value is -0.490. The van der Waals surface area contributed by atoms with Gasteiger partial charge in [0.25, 0.3) is 0 Å². The van der Waals surface area contributed by atoms with Gasteiger partial charge in [0, 0.05) is 17.6 Å². The molecule has 0 bridgehead atoms. The molecule has 1 aromatic rings. The zero-order chi connectivity index (χ0) is 11.1. The van der Waals surface area contributed by atoms with E-state index in [0.717, 1.165) is 23.8 Å². The molecule has 1 rings (SSSR count).